The average Bonchev–Trinajstić information content (AvgIpc) is 2.79. The number of hydrogen-bond acceptors (Lipinski definition) is 5. The van der Waals surface area contributed by atoms with Crippen LogP contribution in [-0.2, 0) is 9.59 Å². The molecule has 1 aliphatic rings. The first-order chi connectivity index (χ1) is 10.5. The predicted molar refractivity (Wildman–Crippen MR) is 78.2 cm³/mol. The van der Waals surface area contributed by atoms with Gasteiger partial charge in [-0.15, -0.1) is 5.10 Å². The molecule has 1 saturated heterocycles. The first-order valence-electron chi connectivity index (χ1n) is 6.14. The molecule has 0 spiro atoms. The number of carboxylic acid groups (broad SMARTS) is 1. The number of halogens is 2. The van der Waals surface area contributed by atoms with Gasteiger partial charge in [0.15, 0.2) is 5.17 Å². The number of alkyl halides is 2. The van der Waals surface area contributed by atoms with E-state index in [-0.39, 0.29) is 17.2 Å². The molecule has 1 aliphatic heterocycles. The Morgan fingerprint density at radius 2 is 2.09 bits per heavy atom. The Kier molecular flexibility index (Phi) is 5.21. The van der Waals surface area contributed by atoms with Crippen LogP contribution in [0.2, 0.25) is 0 Å². The van der Waals surface area contributed by atoms with E-state index in [0.717, 1.165) is 11.8 Å². The molecule has 1 aromatic rings. The summed E-state index contributed by atoms with van der Waals surface area (Å²) in [6.07, 6.45) is -1.48. The van der Waals surface area contributed by atoms with Crippen LogP contribution in [0.3, 0.4) is 0 Å². The molecular weight excluding hydrogens is 316 g/mol. The molecule has 1 amide bonds. The fraction of sp³-hybridized carbons (Fsp3) is 0.231. The van der Waals surface area contributed by atoms with E-state index in [0.29, 0.717) is 5.56 Å². The number of nitrogens with one attached hydrogen (secondary N) is 1. The Labute approximate surface area is 128 Å². The number of carbonyl (C=O) groups is 2. The number of thioether (sulfide) groups is 1. The van der Waals surface area contributed by atoms with E-state index in [1.165, 1.54) is 30.5 Å². The molecule has 2 rings (SSSR count). The number of amides is 1. The standard InChI is InChI=1S/C13H11F2N3O3S/c14-11(15)8-3-1-7(2-4-8)6-16-18-13-17-12(21)9(22-13)5-10(19)20/h1-4,6,9,11H,5H2,(H,19,20)(H,17,18,21). The van der Waals surface area contributed by atoms with Crippen molar-refractivity contribution in [3.8, 4) is 0 Å². The van der Waals surface area contributed by atoms with Gasteiger partial charge in [0.25, 0.3) is 6.43 Å². The van der Waals surface area contributed by atoms with Crippen LogP contribution in [0.25, 0.3) is 0 Å². The van der Waals surface area contributed by atoms with E-state index >= 15 is 0 Å². The van der Waals surface area contributed by atoms with Gasteiger partial charge >= 0.3 is 5.97 Å². The van der Waals surface area contributed by atoms with Crippen LogP contribution < -0.4 is 5.32 Å². The summed E-state index contributed by atoms with van der Waals surface area (Å²) in [5.74, 6) is -1.50. The summed E-state index contributed by atoms with van der Waals surface area (Å²) in [6, 6.07) is 5.51. The number of nitrogens with zero attached hydrogens (tertiary/aromatic N) is 2. The minimum Gasteiger partial charge on any atom is -0.481 e. The normalized spacial score (nSPS) is 20.0. The number of carbonyl (C=O) groups excluding carboxylic acids is 1. The van der Waals surface area contributed by atoms with Gasteiger partial charge in [-0.3, -0.25) is 9.59 Å². The fourth-order valence-electron chi connectivity index (χ4n) is 1.62. The number of hydrogen-bond donors (Lipinski definition) is 2. The molecule has 0 radical (unpaired) electrons. The molecule has 1 atom stereocenters. The Morgan fingerprint density at radius 1 is 1.41 bits per heavy atom. The van der Waals surface area contributed by atoms with Crippen molar-refractivity contribution in [2.24, 2.45) is 10.2 Å². The van der Waals surface area contributed by atoms with Crippen molar-refractivity contribution in [3.63, 3.8) is 0 Å². The molecular formula is C13H11F2N3O3S. The lowest BCUT2D eigenvalue weighted by molar-refractivity contribution is -0.138. The zero-order valence-corrected chi connectivity index (χ0v) is 11.9. The lowest BCUT2D eigenvalue weighted by atomic mass is 10.1. The number of benzene rings is 1. The third kappa shape index (κ3) is 4.35. The average molecular weight is 327 g/mol. The number of carboxylic acids is 1. The summed E-state index contributed by atoms with van der Waals surface area (Å²) in [5.41, 5.74) is 0.490. The molecule has 1 heterocycles. The quantitative estimate of drug-likeness (QED) is 0.639. The van der Waals surface area contributed by atoms with Crippen LogP contribution in [0, 0.1) is 0 Å². The first kappa shape index (κ1) is 16.1. The van der Waals surface area contributed by atoms with Gasteiger partial charge in [-0.1, -0.05) is 36.0 Å². The van der Waals surface area contributed by atoms with Crippen molar-refractivity contribution in [1.82, 2.24) is 5.32 Å². The molecule has 116 valence electrons. The van der Waals surface area contributed by atoms with Gasteiger partial charge in [0.1, 0.15) is 5.25 Å². The van der Waals surface area contributed by atoms with Crippen LogP contribution in [-0.4, -0.2) is 33.6 Å². The van der Waals surface area contributed by atoms with E-state index in [9.17, 15) is 18.4 Å². The second-order valence-corrected chi connectivity index (χ2v) is 5.50. The van der Waals surface area contributed by atoms with E-state index in [4.69, 9.17) is 5.11 Å². The summed E-state index contributed by atoms with van der Waals surface area (Å²) in [5, 5.41) is 18.0. The van der Waals surface area contributed by atoms with Crippen LogP contribution in [0.4, 0.5) is 8.78 Å². The molecule has 6 nitrogen and oxygen atoms in total. The van der Waals surface area contributed by atoms with Crippen molar-refractivity contribution >= 4 is 35.0 Å². The molecule has 0 aliphatic carbocycles. The minimum atomic E-state index is -2.53. The van der Waals surface area contributed by atoms with Crippen molar-refractivity contribution in [2.45, 2.75) is 18.1 Å². The van der Waals surface area contributed by atoms with Gasteiger partial charge in [0.05, 0.1) is 12.6 Å². The maximum atomic E-state index is 12.4. The third-order valence-electron chi connectivity index (χ3n) is 2.68. The van der Waals surface area contributed by atoms with Crippen molar-refractivity contribution in [3.05, 3.63) is 35.4 Å². The third-order valence-corrected chi connectivity index (χ3v) is 3.75. The Balaban J connectivity index is 1.96. The van der Waals surface area contributed by atoms with E-state index in [2.05, 4.69) is 15.5 Å². The van der Waals surface area contributed by atoms with E-state index in [1.54, 1.807) is 0 Å². The highest BCUT2D eigenvalue weighted by atomic mass is 32.2. The summed E-state index contributed by atoms with van der Waals surface area (Å²) in [4.78, 5) is 22.0. The van der Waals surface area contributed by atoms with Crippen LogP contribution in [0.15, 0.2) is 34.5 Å². The van der Waals surface area contributed by atoms with Crippen molar-refractivity contribution in [1.29, 1.82) is 0 Å². The largest absolute Gasteiger partial charge is 0.481 e. The van der Waals surface area contributed by atoms with Gasteiger partial charge in [0.2, 0.25) is 5.91 Å². The Hall–Kier alpha value is -2.29. The molecule has 2 N–H and O–H groups in total. The summed E-state index contributed by atoms with van der Waals surface area (Å²) in [7, 11) is 0. The smallest absolute Gasteiger partial charge is 0.305 e. The first-order valence-corrected chi connectivity index (χ1v) is 7.02. The van der Waals surface area contributed by atoms with Gasteiger partial charge in [-0.2, -0.15) is 5.10 Å². The zero-order valence-electron chi connectivity index (χ0n) is 11.1. The molecule has 22 heavy (non-hydrogen) atoms. The van der Waals surface area contributed by atoms with Crippen molar-refractivity contribution in [2.75, 3.05) is 0 Å². The second-order valence-electron chi connectivity index (χ2n) is 4.31. The highest BCUT2D eigenvalue weighted by molar-refractivity contribution is 8.15. The second kappa shape index (κ2) is 7.12. The summed E-state index contributed by atoms with van der Waals surface area (Å²) in [6.45, 7) is 0. The number of amidine groups is 1. The Bertz CT molecular complexity index is 632. The van der Waals surface area contributed by atoms with Crippen LogP contribution >= 0.6 is 11.8 Å². The minimum absolute atomic E-state index is 0.0846. The monoisotopic (exact) mass is 327 g/mol. The zero-order chi connectivity index (χ0) is 16.1. The van der Waals surface area contributed by atoms with Gasteiger partial charge in [-0.25, -0.2) is 8.78 Å². The summed E-state index contributed by atoms with van der Waals surface area (Å²) < 4.78 is 24.8. The van der Waals surface area contributed by atoms with Crippen LogP contribution in [0.1, 0.15) is 24.0 Å². The molecule has 0 saturated carbocycles. The van der Waals surface area contributed by atoms with Gasteiger partial charge in [0, 0.05) is 5.56 Å². The highest BCUT2D eigenvalue weighted by Crippen LogP contribution is 2.22. The molecule has 0 bridgehead atoms. The predicted octanol–water partition coefficient (Wildman–Crippen LogP) is 2.02. The highest BCUT2D eigenvalue weighted by Gasteiger charge is 2.32. The van der Waals surface area contributed by atoms with E-state index < -0.39 is 23.6 Å². The SMILES string of the molecule is O=C(O)CC1SC(=NN=Cc2ccc(C(F)F)cc2)NC1=O. The Morgan fingerprint density at radius 3 is 2.68 bits per heavy atom. The topological polar surface area (TPSA) is 91.1 Å². The lowest BCUT2D eigenvalue weighted by Crippen LogP contribution is -2.26. The molecule has 0 aromatic heterocycles. The fourth-order valence-corrected chi connectivity index (χ4v) is 2.54. The molecule has 1 aromatic carbocycles. The number of aliphatic carboxylic acids is 1. The maximum absolute atomic E-state index is 12.4. The van der Waals surface area contributed by atoms with Crippen LogP contribution in [0.5, 0.6) is 0 Å². The molecule has 1 unspecified atom stereocenters. The lowest BCUT2D eigenvalue weighted by Gasteiger charge is -1.98. The van der Waals surface area contributed by atoms with E-state index in [1.807, 2.05) is 0 Å². The van der Waals surface area contributed by atoms with Gasteiger partial charge < -0.3 is 10.4 Å². The van der Waals surface area contributed by atoms with Crippen molar-refractivity contribution < 1.29 is 23.5 Å². The molecule has 9 heteroatoms. The van der Waals surface area contributed by atoms with Gasteiger partial charge in [-0.05, 0) is 5.56 Å². The number of rotatable bonds is 5. The maximum Gasteiger partial charge on any atom is 0.305 e. The summed E-state index contributed by atoms with van der Waals surface area (Å²) >= 11 is 0.984. The molecule has 1 fully saturated rings.